The monoisotopic (exact) mass is 308 g/mol. The first kappa shape index (κ1) is 14.1. The van der Waals surface area contributed by atoms with Gasteiger partial charge in [-0.15, -0.1) is 0 Å². The van der Waals surface area contributed by atoms with Crippen LogP contribution in [0.1, 0.15) is 12.8 Å². The maximum atomic E-state index is 12.4. The molecule has 0 saturated carbocycles. The van der Waals surface area contributed by atoms with Gasteiger partial charge in [-0.2, -0.15) is 4.31 Å². The average molecular weight is 309 g/mol. The summed E-state index contributed by atoms with van der Waals surface area (Å²) in [5, 5.41) is 0.552. The fourth-order valence-electron chi connectivity index (χ4n) is 2.02. The highest BCUT2D eigenvalue weighted by Gasteiger charge is 2.30. The highest BCUT2D eigenvalue weighted by molar-refractivity contribution is 7.89. The molecule has 0 bridgehead atoms. The predicted molar refractivity (Wildman–Crippen MR) is 72.4 cm³/mol. The molecule has 4 nitrogen and oxygen atoms in total. The van der Waals surface area contributed by atoms with E-state index in [0.717, 1.165) is 12.8 Å². The van der Waals surface area contributed by atoms with E-state index in [1.807, 2.05) is 0 Å². The fraction of sp³-hybridized carbons (Fsp3) is 0.455. The summed E-state index contributed by atoms with van der Waals surface area (Å²) >= 11 is 11.7. The first-order valence-corrected chi connectivity index (χ1v) is 7.81. The minimum absolute atomic E-state index is 0.0858. The average Bonchev–Trinajstić information content (AvgIpc) is 2.28. The Bertz CT molecular complexity index is 548. The molecular formula is C11H14Cl2N2O2S. The molecule has 1 aliphatic rings. The number of piperidine rings is 1. The molecule has 7 heteroatoms. The lowest BCUT2D eigenvalue weighted by Gasteiger charge is -2.30. The number of sulfonamides is 1. The molecule has 1 saturated heterocycles. The van der Waals surface area contributed by atoms with Gasteiger partial charge in [-0.1, -0.05) is 23.2 Å². The van der Waals surface area contributed by atoms with Gasteiger partial charge >= 0.3 is 0 Å². The molecule has 18 heavy (non-hydrogen) atoms. The lowest BCUT2D eigenvalue weighted by molar-refractivity contribution is 0.316. The summed E-state index contributed by atoms with van der Waals surface area (Å²) in [7, 11) is -3.58. The van der Waals surface area contributed by atoms with Crippen molar-refractivity contribution >= 4 is 33.2 Å². The Morgan fingerprint density at radius 2 is 2.06 bits per heavy atom. The third-order valence-electron chi connectivity index (χ3n) is 2.93. The molecule has 1 atom stereocenters. The van der Waals surface area contributed by atoms with Crippen molar-refractivity contribution in [3.05, 3.63) is 28.2 Å². The van der Waals surface area contributed by atoms with Crippen LogP contribution in [0.4, 0.5) is 0 Å². The van der Waals surface area contributed by atoms with Gasteiger partial charge in [0.15, 0.2) is 0 Å². The summed E-state index contributed by atoms with van der Waals surface area (Å²) in [6, 6.07) is 4.27. The normalized spacial score (nSPS) is 22.1. The molecule has 0 radical (unpaired) electrons. The molecule has 1 aromatic rings. The lowest BCUT2D eigenvalue weighted by atomic mass is 10.1. The molecule has 0 aromatic heterocycles. The minimum Gasteiger partial charge on any atom is -0.327 e. The van der Waals surface area contributed by atoms with E-state index in [1.165, 1.54) is 22.5 Å². The van der Waals surface area contributed by atoms with Gasteiger partial charge in [0.2, 0.25) is 10.0 Å². The number of halogens is 2. The van der Waals surface area contributed by atoms with E-state index in [-0.39, 0.29) is 16.0 Å². The number of nitrogens with two attached hydrogens (primary N) is 1. The molecule has 100 valence electrons. The van der Waals surface area contributed by atoms with E-state index in [2.05, 4.69) is 0 Å². The second kappa shape index (κ2) is 5.35. The number of hydrogen-bond acceptors (Lipinski definition) is 3. The Morgan fingerprint density at radius 1 is 1.33 bits per heavy atom. The van der Waals surface area contributed by atoms with Gasteiger partial charge in [-0.3, -0.25) is 0 Å². The Hall–Kier alpha value is -0.330. The maximum absolute atomic E-state index is 12.4. The van der Waals surface area contributed by atoms with E-state index in [0.29, 0.717) is 18.1 Å². The van der Waals surface area contributed by atoms with Crippen LogP contribution in [0.5, 0.6) is 0 Å². The first-order chi connectivity index (χ1) is 8.41. The van der Waals surface area contributed by atoms with Gasteiger partial charge in [0, 0.05) is 24.2 Å². The number of nitrogens with zero attached hydrogens (tertiary/aromatic N) is 1. The molecule has 0 aliphatic carbocycles. The second-order valence-corrected chi connectivity index (χ2v) is 7.09. The van der Waals surface area contributed by atoms with Crippen molar-refractivity contribution in [2.45, 2.75) is 23.8 Å². The smallest absolute Gasteiger partial charge is 0.244 e. The van der Waals surface area contributed by atoms with Crippen LogP contribution < -0.4 is 5.73 Å². The van der Waals surface area contributed by atoms with E-state index in [4.69, 9.17) is 28.9 Å². The minimum atomic E-state index is -3.58. The summed E-state index contributed by atoms with van der Waals surface area (Å²) in [4.78, 5) is 0.0858. The molecule has 2 N–H and O–H groups in total. The van der Waals surface area contributed by atoms with E-state index < -0.39 is 10.0 Å². The number of rotatable bonds is 2. The van der Waals surface area contributed by atoms with Crippen LogP contribution in [0, 0.1) is 0 Å². The van der Waals surface area contributed by atoms with Crippen LogP contribution in [-0.2, 0) is 10.0 Å². The van der Waals surface area contributed by atoms with Crippen molar-refractivity contribution in [2.24, 2.45) is 5.73 Å². The van der Waals surface area contributed by atoms with Gasteiger partial charge in [-0.05, 0) is 31.0 Å². The van der Waals surface area contributed by atoms with Crippen LogP contribution in [0.25, 0.3) is 0 Å². The standard InChI is InChI=1S/C11H14Cl2N2O2S/c12-8-3-4-11(10(13)6-8)18(16,17)15-5-1-2-9(14)7-15/h3-4,6,9H,1-2,5,7,14H2/t9-/m1/s1. The summed E-state index contributed by atoms with van der Waals surface area (Å²) in [6.45, 7) is 0.816. The topological polar surface area (TPSA) is 63.4 Å². The lowest BCUT2D eigenvalue weighted by Crippen LogP contribution is -2.45. The largest absolute Gasteiger partial charge is 0.327 e. The zero-order valence-electron chi connectivity index (χ0n) is 9.64. The molecule has 1 aliphatic heterocycles. The maximum Gasteiger partial charge on any atom is 0.244 e. The van der Waals surface area contributed by atoms with Crippen molar-refractivity contribution < 1.29 is 8.42 Å². The Kier molecular flexibility index (Phi) is 4.18. The Labute approximate surface area is 117 Å². The summed E-state index contributed by atoms with van der Waals surface area (Å²) in [5.41, 5.74) is 5.80. The van der Waals surface area contributed by atoms with Crippen LogP contribution in [0.3, 0.4) is 0 Å². The molecule has 1 fully saturated rings. The summed E-state index contributed by atoms with van der Waals surface area (Å²) < 4.78 is 26.2. The van der Waals surface area contributed by atoms with Gasteiger partial charge in [-0.25, -0.2) is 8.42 Å². The molecule has 0 spiro atoms. The SMILES string of the molecule is N[C@@H]1CCCN(S(=O)(=O)c2ccc(Cl)cc2Cl)C1. The third kappa shape index (κ3) is 2.81. The molecule has 0 amide bonds. The van der Waals surface area contributed by atoms with E-state index in [9.17, 15) is 8.42 Å². The van der Waals surface area contributed by atoms with Crippen molar-refractivity contribution in [1.29, 1.82) is 0 Å². The Balaban J connectivity index is 2.35. The number of benzene rings is 1. The van der Waals surface area contributed by atoms with Crippen LogP contribution >= 0.6 is 23.2 Å². The zero-order valence-corrected chi connectivity index (χ0v) is 12.0. The second-order valence-electron chi connectivity index (χ2n) is 4.34. The molecule has 0 unspecified atom stereocenters. The third-order valence-corrected chi connectivity index (χ3v) is 5.52. The van der Waals surface area contributed by atoms with Crippen molar-refractivity contribution in [3.63, 3.8) is 0 Å². The van der Waals surface area contributed by atoms with Crippen LogP contribution in [0.2, 0.25) is 10.0 Å². The predicted octanol–water partition coefficient (Wildman–Crippen LogP) is 2.11. The number of hydrogen-bond donors (Lipinski definition) is 1. The van der Waals surface area contributed by atoms with Crippen molar-refractivity contribution in [2.75, 3.05) is 13.1 Å². The first-order valence-electron chi connectivity index (χ1n) is 5.62. The van der Waals surface area contributed by atoms with E-state index in [1.54, 1.807) is 0 Å². The van der Waals surface area contributed by atoms with E-state index >= 15 is 0 Å². The van der Waals surface area contributed by atoms with Gasteiger partial charge in [0.1, 0.15) is 4.90 Å². The molecule has 1 heterocycles. The summed E-state index contributed by atoms with van der Waals surface area (Å²) in [6.07, 6.45) is 1.62. The van der Waals surface area contributed by atoms with Crippen LogP contribution in [0.15, 0.2) is 23.1 Å². The highest BCUT2D eigenvalue weighted by Crippen LogP contribution is 2.28. The molecule has 2 rings (SSSR count). The quantitative estimate of drug-likeness (QED) is 0.910. The summed E-state index contributed by atoms with van der Waals surface area (Å²) in [5.74, 6) is 0. The van der Waals surface area contributed by atoms with Crippen molar-refractivity contribution in [1.82, 2.24) is 4.31 Å². The molecular weight excluding hydrogens is 295 g/mol. The van der Waals surface area contributed by atoms with Gasteiger partial charge in [0.05, 0.1) is 5.02 Å². The zero-order chi connectivity index (χ0) is 13.3. The van der Waals surface area contributed by atoms with Crippen molar-refractivity contribution in [3.8, 4) is 0 Å². The Morgan fingerprint density at radius 3 is 2.67 bits per heavy atom. The highest BCUT2D eigenvalue weighted by atomic mass is 35.5. The van der Waals surface area contributed by atoms with Gasteiger partial charge in [0.25, 0.3) is 0 Å². The van der Waals surface area contributed by atoms with Crippen LogP contribution in [-0.4, -0.2) is 31.9 Å². The molecule has 1 aromatic carbocycles. The fourth-order valence-corrected chi connectivity index (χ4v) is 4.30. The van der Waals surface area contributed by atoms with Gasteiger partial charge < -0.3 is 5.73 Å².